The van der Waals surface area contributed by atoms with Gasteiger partial charge in [0.1, 0.15) is 12.4 Å². The Kier molecular flexibility index (Phi) is 9.66. The summed E-state index contributed by atoms with van der Waals surface area (Å²) in [4.78, 5) is 20.8. The topological polar surface area (TPSA) is 60.4 Å². The molecule has 0 bridgehead atoms. The van der Waals surface area contributed by atoms with Crippen LogP contribution in [-0.4, -0.2) is 29.7 Å². The molecule has 5 rings (SSSR count). The second-order valence-electron chi connectivity index (χ2n) is 9.62. The quantitative estimate of drug-likeness (QED) is 0.162. The Morgan fingerprint density at radius 1 is 0.929 bits per heavy atom. The number of hydrogen-bond donors (Lipinski definition) is 0. The Bertz CT molecular complexity index is 1620. The summed E-state index contributed by atoms with van der Waals surface area (Å²) in [5, 5.41) is 0.621. The molecule has 4 aromatic carbocycles. The van der Waals surface area contributed by atoms with Gasteiger partial charge in [0, 0.05) is 0 Å². The van der Waals surface area contributed by atoms with Crippen molar-refractivity contribution < 1.29 is 19.0 Å². The van der Waals surface area contributed by atoms with E-state index < -0.39 is 0 Å². The normalized spacial score (nSPS) is 15.0. The maximum atomic E-state index is 13.8. The number of benzene rings is 4. The fourth-order valence-corrected chi connectivity index (χ4v) is 6.01. The number of para-hydroxylation sites is 1. The van der Waals surface area contributed by atoms with E-state index in [9.17, 15) is 4.79 Å². The van der Waals surface area contributed by atoms with Gasteiger partial charge in [-0.05, 0) is 101 Å². The largest absolute Gasteiger partial charge is 0.497 e. The van der Waals surface area contributed by atoms with Gasteiger partial charge in [-0.3, -0.25) is 9.69 Å². The van der Waals surface area contributed by atoms with Crippen LogP contribution in [0, 0.1) is 6.92 Å². The number of aryl methyl sites for hydroxylation is 1. The first-order chi connectivity index (χ1) is 20.4. The third-order valence-electron chi connectivity index (χ3n) is 6.46. The van der Waals surface area contributed by atoms with Crippen LogP contribution in [0.5, 0.6) is 17.2 Å². The fourth-order valence-electron chi connectivity index (χ4n) is 4.44. The van der Waals surface area contributed by atoms with Crippen LogP contribution >= 0.6 is 27.7 Å². The predicted molar refractivity (Wildman–Crippen MR) is 173 cm³/mol. The lowest BCUT2D eigenvalue weighted by molar-refractivity contribution is -0.122. The zero-order valence-corrected chi connectivity index (χ0v) is 26.1. The lowest BCUT2D eigenvalue weighted by atomic mass is 10.1. The highest BCUT2D eigenvalue weighted by molar-refractivity contribution is 9.10. The highest BCUT2D eigenvalue weighted by Crippen LogP contribution is 2.40. The van der Waals surface area contributed by atoms with Crippen molar-refractivity contribution in [2.75, 3.05) is 13.7 Å². The van der Waals surface area contributed by atoms with Crippen LogP contribution < -0.4 is 14.2 Å². The van der Waals surface area contributed by atoms with Crippen molar-refractivity contribution in [1.29, 1.82) is 0 Å². The van der Waals surface area contributed by atoms with Crippen molar-refractivity contribution in [3.05, 3.63) is 123 Å². The maximum Gasteiger partial charge on any atom is 0.267 e. The smallest absolute Gasteiger partial charge is 0.267 e. The Balaban J connectivity index is 1.44. The van der Waals surface area contributed by atoms with Crippen molar-refractivity contribution in [2.24, 2.45) is 4.99 Å². The molecule has 0 N–H and O–H groups in total. The number of halogens is 1. The zero-order chi connectivity index (χ0) is 29.5. The van der Waals surface area contributed by atoms with Crippen LogP contribution in [0.25, 0.3) is 6.08 Å². The van der Waals surface area contributed by atoms with Crippen molar-refractivity contribution >= 4 is 50.5 Å². The summed E-state index contributed by atoms with van der Waals surface area (Å²) in [6.07, 6.45) is 1.87. The molecule has 1 aliphatic heterocycles. The van der Waals surface area contributed by atoms with Gasteiger partial charge in [-0.1, -0.05) is 60.2 Å². The average Bonchev–Trinajstić information content (AvgIpc) is 3.26. The molecule has 1 fully saturated rings. The van der Waals surface area contributed by atoms with Crippen molar-refractivity contribution in [3.63, 3.8) is 0 Å². The number of amides is 1. The molecule has 0 aliphatic carbocycles. The minimum absolute atomic E-state index is 0.112. The fraction of sp³-hybridized carbons (Fsp3) is 0.176. The molecule has 8 heteroatoms. The lowest BCUT2D eigenvalue weighted by Crippen LogP contribution is -2.28. The Labute approximate surface area is 259 Å². The van der Waals surface area contributed by atoms with Gasteiger partial charge in [-0.15, -0.1) is 0 Å². The molecule has 1 aliphatic rings. The van der Waals surface area contributed by atoms with E-state index in [0.29, 0.717) is 41.3 Å². The number of nitrogens with zero attached hydrogens (tertiary/aromatic N) is 2. The minimum Gasteiger partial charge on any atom is -0.497 e. The van der Waals surface area contributed by atoms with E-state index in [1.54, 1.807) is 12.0 Å². The van der Waals surface area contributed by atoms with E-state index in [0.717, 1.165) is 32.6 Å². The second-order valence-corrected chi connectivity index (χ2v) is 11.5. The van der Waals surface area contributed by atoms with E-state index in [-0.39, 0.29) is 5.91 Å². The second kappa shape index (κ2) is 13.8. The summed E-state index contributed by atoms with van der Waals surface area (Å²) in [6.45, 7) is 5.27. The highest BCUT2D eigenvalue weighted by atomic mass is 79.9. The van der Waals surface area contributed by atoms with Gasteiger partial charge in [0.25, 0.3) is 5.91 Å². The molecule has 0 radical (unpaired) electrons. The number of carbonyl (C=O) groups is 1. The van der Waals surface area contributed by atoms with Crippen molar-refractivity contribution in [2.45, 2.75) is 27.0 Å². The van der Waals surface area contributed by atoms with Crippen LogP contribution in [0.3, 0.4) is 0 Å². The number of aliphatic imine (C=N–C) groups is 1. The molecule has 0 saturated carbocycles. The Morgan fingerprint density at radius 3 is 2.43 bits per heavy atom. The molecule has 0 aromatic heterocycles. The molecule has 42 heavy (non-hydrogen) atoms. The number of hydrogen-bond acceptors (Lipinski definition) is 6. The number of rotatable bonds is 10. The summed E-state index contributed by atoms with van der Waals surface area (Å²) in [7, 11) is 1.63. The molecule has 1 amide bonds. The van der Waals surface area contributed by atoms with Gasteiger partial charge in [-0.25, -0.2) is 4.99 Å². The number of carbonyl (C=O) groups excluding carboxylic acids is 1. The number of methoxy groups -OCH3 is 1. The van der Waals surface area contributed by atoms with E-state index in [1.165, 1.54) is 17.3 Å². The van der Waals surface area contributed by atoms with Gasteiger partial charge in [0.15, 0.2) is 16.7 Å². The molecule has 0 atom stereocenters. The molecular weight excluding hydrogens is 612 g/mol. The van der Waals surface area contributed by atoms with Crippen LogP contribution in [-0.2, 0) is 17.9 Å². The van der Waals surface area contributed by atoms with Crippen LogP contribution in [0.1, 0.15) is 29.2 Å². The third-order valence-corrected chi connectivity index (χ3v) is 8.06. The third kappa shape index (κ3) is 7.24. The van der Waals surface area contributed by atoms with E-state index in [1.807, 2.05) is 91.9 Å². The molecule has 214 valence electrons. The lowest BCUT2D eigenvalue weighted by Gasteiger charge is -2.16. The summed E-state index contributed by atoms with van der Waals surface area (Å²) >= 11 is 5.03. The van der Waals surface area contributed by atoms with Crippen LogP contribution in [0.2, 0.25) is 0 Å². The van der Waals surface area contributed by atoms with E-state index >= 15 is 0 Å². The van der Waals surface area contributed by atoms with Gasteiger partial charge < -0.3 is 14.2 Å². The van der Waals surface area contributed by atoms with Crippen molar-refractivity contribution in [3.8, 4) is 17.2 Å². The molecule has 6 nitrogen and oxygen atoms in total. The summed E-state index contributed by atoms with van der Waals surface area (Å²) in [5.74, 6) is 1.88. The summed E-state index contributed by atoms with van der Waals surface area (Å²) < 4.78 is 18.2. The first-order valence-electron chi connectivity index (χ1n) is 13.6. The van der Waals surface area contributed by atoms with Crippen LogP contribution in [0.15, 0.2) is 105 Å². The maximum absolute atomic E-state index is 13.8. The molecule has 1 saturated heterocycles. The zero-order valence-electron chi connectivity index (χ0n) is 23.7. The van der Waals surface area contributed by atoms with E-state index in [2.05, 4.69) is 35.0 Å². The SMILES string of the molecule is CCOc1cc(/C=C2\SC(=Nc3ccccc3)N(Cc3ccc(OC)cc3)C2=O)cc(Br)c1OCc1cccc(C)c1. The first-order valence-corrected chi connectivity index (χ1v) is 15.2. The van der Waals surface area contributed by atoms with Gasteiger partial charge >= 0.3 is 0 Å². The minimum atomic E-state index is -0.112. The molecular formula is C34H31BrN2O4S. The number of amidine groups is 1. The Hall–Kier alpha value is -4.01. The number of thioether (sulfide) groups is 1. The van der Waals surface area contributed by atoms with E-state index in [4.69, 9.17) is 19.2 Å². The standard InChI is InChI=1S/C34H31BrN2O4S/c1-4-40-30-19-26(18-29(35)32(30)41-22-25-10-8-9-23(2)17-25)20-31-33(38)37(21-24-13-15-28(39-3)16-14-24)34(42-31)36-27-11-6-5-7-12-27/h5-20H,4,21-22H2,1-3H3/b31-20-,36-34?. The monoisotopic (exact) mass is 642 g/mol. The molecule has 0 spiro atoms. The van der Waals surface area contributed by atoms with Gasteiger partial charge in [-0.2, -0.15) is 0 Å². The first kappa shape index (κ1) is 29.5. The molecule has 0 unspecified atom stereocenters. The summed E-state index contributed by atoms with van der Waals surface area (Å²) in [5.41, 5.74) is 4.82. The van der Waals surface area contributed by atoms with Crippen LogP contribution in [0.4, 0.5) is 5.69 Å². The van der Waals surface area contributed by atoms with Gasteiger partial charge in [0.2, 0.25) is 0 Å². The van der Waals surface area contributed by atoms with Crippen molar-refractivity contribution in [1.82, 2.24) is 4.90 Å². The number of ether oxygens (including phenoxy) is 3. The van der Waals surface area contributed by atoms with Gasteiger partial charge in [0.05, 0.1) is 35.3 Å². The predicted octanol–water partition coefficient (Wildman–Crippen LogP) is 8.55. The Morgan fingerprint density at radius 2 is 1.71 bits per heavy atom. The highest BCUT2D eigenvalue weighted by Gasteiger charge is 2.33. The molecule has 1 heterocycles. The average molecular weight is 644 g/mol. The summed E-state index contributed by atoms with van der Waals surface area (Å²) in [6, 6.07) is 29.4. The molecule has 4 aromatic rings.